The molecule has 0 spiro atoms. The molecule has 0 aliphatic rings. The Bertz CT molecular complexity index is 524. The summed E-state index contributed by atoms with van der Waals surface area (Å²) in [5, 5.41) is 17.1. The van der Waals surface area contributed by atoms with Gasteiger partial charge >= 0.3 is 11.3 Å². The van der Waals surface area contributed by atoms with Crippen LogP contribution in [0.3, 0.4) is 0 Å². The first-order chi connectivity index (χ1) is 7.84. The van der Waals surface area contributed by atoms with E-state index in [0.717, 1.165) is 0 Å². The van der Waals surface area contributed by atoms with Gasteiger partial charge in [-0.25, -0.2) is 8.42 Å². The van der Waals surface area contributed by atoms with E-state index >= 15 is 0 Å². The van der Waals surface area contributed by atoms with Crippen LogP contribution in [0.2, 0.25) is 0 Å². The first-order valence-electron chi connectivity index (χ1n) is 4.46. The Morgan fingerprint density at radius 2 is 1.88 bits per heavy atom. The zero-order chi connectivity index (χ0) is 13.1. The number of hydrogen-bond donors (Lipinski definition) is 1. The van der Waals surface area contributed by atoms with E-state index < -0.39 is 31.9 Å². The van der Waals surface area contributed by atoms with Crippen LogP contribution in [0.1, 0.15) is 10.9 Å². The van der Waals surface area contributed by atoms with Crippen molar-refractivity contribution >= 4 is 15.8 Å². The molecular weight excluding hydrogens is 250 g/mol. The van der Waals surface area contributed by atoms with Crippen molar-refractivity contribution in [1.29, 1.82) is 0 Å². The monoisotopic (exact) mass is 259 g/mol. The Hall–Kier alpha value is -1.96. The molecule has 1 rings (SSSR count). The van der Waals surface area contributed by atoms with E-state index in [1.807, 2.05) is 0 Å². The number of sulfone groups is 1. The maximum absolute atomic E-state index is 11.6. The van der Waals surface area contributed by atoms with Gasteiger partial charge in [0.05, 0.1) is 0 Å². The molecule has 0 fully saturated rings. The van der Waals surface area contributed by atoms with Crippen molar-refractivity contribution < 1.29 is 23.2 Å². The average molecular weight is 259 g/mol. The second-order valence-corrected chi connectivity index (χ2v) is 5.31. The molecule has 0 radical (unpaired) electrons. The van der Waals surface area contributed by atoms with Crippen molar-refractivity contribution in [2.24, 2.45) is 0 Å². The van der Waals surface area contributed by atoms with E-state index in [2.05, 4.69) is 0 Å². The molecule has 0 saturated heterocycles. The Morgan fingerprint density at radius 1 is 1.35 bits per heavy atom. The molecule has 0 aliphatic carbocycles. The van der Waals surface area contributed by atoms with Gasteiger partial charge < -0.3 is 5.11 Å². The van der Waals surface area contributed by atoms with E-state index in [0.29, 0.717) is 0 Å². The molecule has 0 aromatic heterocycles. The SMILES string of the molecule is O=C(O)CS(=O)(=O)C(c1ccccc1)[N+](=O)[O-]. The topological polar surface area (TPSA) is 115 Å². The normalized spacial score (nSPS) is 12.9. The molecule has 0 heterocycles. The van der Waals surface area contributed by atoms with E-state index in [1.165, 1.54) is 24.3 Å². The van der Waals surface area contributed by atoms with Gasteiger partial charge in [0.1, 0.15) is 0 Å². The highest BCUT2D eigenvalue weighted by Crippen LogP contribution is 2.23. The highest BCUT2D eigenvalue weighted by Gasteiger charge is 2.39. The summed E-state index contributed by atoms with van der Waals surface area (Å²) in [6.45, 7) is 0. The summed E-state index contributed by atoms with van der Waals surface area (Å²) in [5.74, 6) is -2.89. The van der Waals surface area contributed by atoms with Gasteiger partial charge in [-0.1, -0.05) is 30.3 Å². The molecule has 92 valence electrons. The minimum absolute atomic E-state index is 0.0567. The van der Waals surface area contributed by atoms with Gasteiger partial charge in [-0.05, 0) is 0 Å². The molecule has 1 aromatic rings. The summed E-state index contributed by atoms with van der Waals surface area (Å²) in [5.41, 5.74) is -0.0567. The second kappa shape index (κ2) is 4.91. The summed E-state index contributed by atoms with van der Waals surface area (Å²) in [4.78, 5) is 20.1. The summed E-state index contributed by atoms with van der Waals surface area (Å²) < 4.78 is 23.1. The first-order valence-corrected chi connectivity index (χ1v) is 6.18. The third-order valence-corrected chi connectivity index (χ3v) is 3.71. The maximum Gasteiger partial charge on any atom is 0.335 e. The van der Waals surface area contributed by atoms with Gasteiger partial charge in [0, 0.05) is 10.5 Å². The van der Waals surface area contributed by atoms with Crippen LogP contribution >= 0.6 is 0 Å². The van der Waals surface area contributed by atoms with E-state index in [1.54, 1.807) is 6.07 Å². The number of benzene rings is 1. The molecule has 0 aliphatic heterocycles. The largest absolute Gasteiger partial charge is 0.480 e. The number of nitro groups is 1. The second-order valence-electron chi connectivity index (χ2n) is 3.25. The highest BCUT2D eigenvalue weighted by atomic mass is 32.2. The van der Waals surface area contributed by atoms with Gasteiger partial charge in [0.15, 0.2) is 5.75 Å². The van der Waals surface area contributed by atoms with Crippen LogP contribution in [0.15, 0.2) is 30.3 Å². The fraction of sp³-hybridized carbons (Fsp3) is 0.222. The summed E-state index contributed by atoms with van der Waals surface area (Å²) >= 11 is 0. The Balaban J connectivity index is 3.20. The predicted octanol–water partition coefficient (Wildman–Crippen LogP) is 0.461. The minimum atomic E-state index is -4.37. The molecule has 0 saturated carbocycles. The smallest absolute Gasteiger partial charge is 0.335 e. The van der Waals surface area contributed by atoms with Crippen molar-refractivity contribution in [3.63, 3.8) is 0 Å². The van der Waals surface area contributed by atoms with Crippen LogP contribution in [-0.2, 0) is 14.6 Å². The van der Waals surface area contributed by atoms with Gasteiger partial charge in [-0.2, -0.15) is 0 Å². The summed E-state index contributed by atoms with van der Waals surface area (Å²) in [6, 6.07) is 7.01. The molecule has 7 nitrogen and oxygen atoms in total. The lowest BCUT2D eigenvalue weighted by atomic mass is 10.2. The zero-order valence-corrected chi connectivity index (χ0v) is 9.33. The number of carbonyl (C=O) groups is 1. The molecule has 1 N–H and O–H groups in total. The minimum Gasteiger partial charge on any atom is -0.480 e. The predicted molar refractivity (Wildman–Crippen MR) is 57.6 cm³/mol. The van der Waals surface area contributed by atoms with Crippen LogP contribution in [0, 0.1) is 10.1 Å². The average Bonchev–Trinajstić information content (AvgIpc) is 2.15. The van der Waals surface area contributed by atoms with E-state index in [-0.39, 0.29) is 5.56 Å². The van der Waals surface area contributed by atoms with Crippen molar-refractivity contribution in [3.05, 3.63) is 46.0 Å². The van der Waals surface area contributed by atoms with E-state index in [4.69, 9.17) is 5.11 Å². The Kier molecular flexibility index (Phi) is 3.79. The number of nitrogens with zero attached hydrogens (tertiary/aromatic N) is 1. The molecule has 1 aromatic carbocycles. The van der Waals surface area contributed by atoms with Crippen LogP contribution in [0.25, 0.3) is 0 Å². The Labute approximate surface area is 96.8 Å². The van der Waals surface area contributed by atoms with Gasteiger partial charge in [0.2, 0.25) is 9.84 Å². The highest BCUT2D eigenvalue weighted by molar-refractivity contribution is 7.92. The molecule has 1 atom stereocenters. The summed E-state index contributed by atoms with van der Waals surface area (Å²) in [7, 11) is -4.37. The van der Waals surface area contributed by atoms with Crippen LogP contribution in [-0.4, -0.2) is 30.2 Å². The van der Waals surface area contributed by atoms with Crippen molar-refractivity contribution in [3.8, 4) is 0 Å². The van der Waals surface area contributed by atoms with Crippen LogP contribution in [0.5, 0.6) is 0 Å². The molecule has 8 heteroatoms. The molecular formula is C9H9NO6S. The number of carboxylic acids is 1. The lowest BCUT2D eigenvalue weighted by Crippen LogP contribution is -2.27. The van der Waals surface area contributed by atoms with Crippen molar-refractivity contribution in [1.82, 2.24) is 0 Å². The summed E-state index contributed by atoms with van der Waals surface area (Å²) in [6.07, 6.45) is 0. The third kappa shape index (κ3) is 3.25. The fourth-order valence-electron chi connectivity index (χ4n) is 1.33. The number of aliphatic carboxylic acids is 1. The van der Waals surface area contributed by atoms with Gasteiger partial charge in [-0.15, -0.1) is 0 Å². The zero-order valence-electron chi connectivity index (χ0n) is 8.52. The molecule has 17 heavy (non-hydrogen) atoms. The van der Waals surface area contributed by atoms with Crippen LogP contribution in [0.4, 0.5) is 0 Å². The lowest BCUT2D eigenvalue weighted by molar-refractivity contribution is -0.502. The van der Waals surface area contributed by atoms with Crippen molar-refractivity contribution in [2.75, 3.05) is 5.75 Å². The first kappa shape index (κ1) is 13.1. The molecule has 0 bridgehead atoms. The third-order valence-electron chi connectivity index (χ3n) is 1.94. The Morgan fingerprint density at radius 3 is 2.29 bits per heavy atom. The fourth-order valence-corrected chi connectivity index (χ4v) is 2.67. The van der Waals surface area contributed by atoms with Gasteiger partial charge in [0.25, 0.3) is 0 Å². The standard InChI is InChI=1S/C9H9NO6S/c11-8(12)6-17(15,16)9(10(13)14)7-4-2-1-3-5-7/h1-5,9H,6H2,(H,11,12). The number of carboxylic acid groups (broad SMARTS) is 1. The van der Waals surface area contributed by atoms with E-state index in [9.17, 15) is 23.3 Å². The lowest BCUT2D eigenvalue weighted by Gasteiger charge is -2.09. The van der Waals surface area contributed by atoms with Gasteiger partial charge in [-0.3, -0.25) is 14.9 Å². The number of rotatable bonds is 5. The van der Waals surface area contributed by atoms with Crippen molar-refractivity contribution in [2.45, 2.75) is 5.37 Å². The van der Waals surface area contributed by atoms with Crippen LogP contribution < -0.4 is 0 Å². The quantitative estimate of drug-likeness (QED) is 0.606. The molecule has 0 amide bonds. The maximum atomic E-state index is 11.6. The molecule has 1 unspecified atom stereocenters. The number of hydrogen-bond acceptors (Lipinski definition) is 5.